The average molecular weight is 246 g/mol. The first-order valence-electron chi connectivity index (χ1n) is 6.41. The molecule has 18 heavy (non-hydrogen) atoms. The monoisotopic (exact) mass is 246 g/mol. The van der Waals surface area contributed by atoms with E-state index >= 15 is 0 Å². The second-order valence-corrected chi connectivity index (χ2v) is 4.80. The molecule has 5 nitrogen and oxygen atoms in total. The highest BCUT2D eigenvalue weighted by Gasteiger charge is 2.17. The SMILES string of the molecule is O=C1Cc2cc(NCN3CCNCC3)ccc2N1. The van der Waals surface area contributed by atoms with E-state index in [4.69, 9.17) is 0 Å². The molecule has 0 aliphatic carbocycles. The normalized spacial score (nSPS) is 19.4. The maximum atomic E-state index is 11.3. The van der Waals surface area contributed by atoms with Crippen LogP contribution in [0.2, 0.25) is 0 Å². The summed E-state index contributed by atoms with van der Waals surface area (Å²) in [5, 5.41) is 9.60. The van der Waals surface area contributed by atoms with Gasteiger partial charge in [-0.1, -0.05) is 0 Å². The molecule has 0 aromatic heterocycles. The molecule has 5 heteroatoms. The third-order valence-corrected chi connectivity index (χ3v) is 3.45. The summed E-state index contributed by atoms with van der Waals surface area (Å²) in [6.07, 6.45) is 0.498. The van der Waals surface area contributed by atoms with Crippen molar-refractivity contribution in [3.05, 3.63) is 23.8 Å². The Balaban J connectivity index is 1.60. The van der Waals surface area contributed by atoms with E-state index in [1.165, 1.54) is 0 Å². The van der Waals surface area contributed by atoms with Gasteiger partial charge in [0.1, 0.15) is 0 Å². The number of rotatable bonds is 3. The summed E-state index contributed by atoms with van der Waals surface area (Å²) in [4.78, 5) is 13.7. The average Bonchev–Trinajstić information content (AvgIpc) is 2.77. The molecular weight excluding hydrogens is 228 g/mol. The largest absolute Gasteiger partial charge is 0.372 e. The molecule has 1 aromatic carbocycles. The molecule has 3 rings (SSSR count). The Hall–Kier alpha value is -1.59. The molecule has 2 heterocycles. The fourth-order valence-electron chi connectivity index (χ4n) is 2.41. The highest BCUT2D eigenvalue weighted by atomic mass is 16.1. The van der Waals surface area contributed by atoms with E-state index in [9.17, 15) is 4.79 Å². The van der Waals surface area contributed by atoms with Crippen LogP contribution in [0.3, 0.4) is 0 Å². The molecule has 0 saturated carbocycles. The molecular formula is C13H18N4O. The van der Waals surface area contributed by atoms with Gasteiger partial charge in [0, 0.05) is 37.6 Å². The zero-order valence-electron chi connectivity index (χ0n) is 10.3. The fraction of sp³-hybridized carbons (Fsp3) is 0.462. The van der Waals surface area contributed by atoms with Gasteiger partial charge in [0.25, 0.3) is 0 Å². The summed E-state index contributed by atoms with van der Waals surface area (Å²) < 4.78 is 0. The van der Waals surface area contributed by atoms with Crippen LogP contribution >= 0.6 is 0 Å². The summed E-state index contributed by atoms with van der Waals surface area (Å²) in [6.45, 7) is 5.15. The number of hydrogen-bond acceptors (Lipinski definition) is 4. The van der Waals surface area contributed by atoms with Gasteiger partial charge in [0.15, 0.2) is 0 Å². The molecule has 0 spiro atoms. The molecule has 96 valence electrons. The van der Waals surface area contributed by atoms with Crippen molar-refractivity contribution in [2.75, 3.05) is 43.5 Å². The van der Waals surface area contributed by atoms with Crippen molar-refractivity contribution >= 4 is 17.3 Å². The Morgan fingerprint density at radius 2 is 2.11 bits per heavy atom. The van der Waals surface area contributed by atoms with Crippen LogP contribution in [0.15, 0.2) is 18.2 Å². The first-order valence-corrected chi connectivity index (χ1v) is 6.41. The maximum absolute atomic E-state index is 11.3. The van der Waals surface area contributed by atoms with Gasteiger partial charge in [-0.05, 0) is 23.8 Å². The van der Waals surface area contributed by atoms with Gasteiger partial charge < -0.3 is 16.0 Å². The van der Waals surface area contributed by atoms with Crippen LogP contribution < -0.4 is 16.0 Å². The van der Waals surface area contributed by atoms with Gasteiger partial charge >= 0.3 is 0 Å². The number of carbonyl (C=O) groups excluding carboxylic acids is 1. The van der Waals surface area contributed by atoms with E-state index in [2.05, 4.69) is 26.9 Å². The number of piperazine rings is 1. The number of carbonyl (C=O) groups is 1. The van der Waals surface area contributed by atoms with Gasteiger partial charge in [-0.3, -0.25) is 9.69 Å². The molecule has 0 atom stereocenters. The van der Waals surface area contributed by atoms with Crippen molar-refractivity contribution < 1.29 is 4.79 Å². The summed E-state index contributed by atoms with van der Waals surface area (Å²) in [7, 11) is 0. The minimum atomic E-state index is 0.0873. The molecule has 2 aliphatic rings. The highest BCUT2D eigenvalue weighted by Crippen LogP contribution is 2.25. The number of benzene rings is 1. The fourth-order valence-corrected chi connectivity index (χ4v) is 2.41. The van der Waals surface area contributed by atoms with Crippen LogP contribution in [-0.4, -0.2) is 43.7 Å². The molecule has 1 saturated heterocycles. The first kappa shape index (κ1) is 11.5. The van der Waals surface area contributed by atoms with Crippen molar-refractivity contribution in [3.63, 3.8) is 0 Å². The zero-order chi connectivity index (χ0) is 12.4. The zero-order valence-corrected chi connectivity index (χ0v) is 10.3. The highest BCUT2D eigenvalue weighted by molar-refractivity contribution is 5.99. The minimum Gasteiger partial charge on any atom is -0.372 e. The summed E-state index contributed by atoms with van der Waals surface area (Å²) in [6, 6.07) is 6.06. The topological polar surface area (TPSA) is 56.4 Å². The Bertz CT molecular complexity index is 454. The van der Waals surface area contributed by atoms with Gasteiger partial charge in [0.2, 0.25) is 5.91 Å². The number of amides is 1. The van der Waals surface area contributed by atoms with E-state index in [0.717, 1.165) is 49.8 Å². The molecule has 1 amide bonds. The van der Waals surface area contributed by atoms with E-state index in [1.54, 1.807) is 0 Å². The van der Waals surface area contributed by atoms with Crippen LogP contribution in [0.1, 0.15) is 5.56 Å². The Labute approximate surface area is 107 Å². The van der Waals surface area contributed by atoms with Gasteiger partial charge in [0.05, 0.1) is 13.1 Å². The predicted molar refractivity (Wildman–Crippen MR) is 71.7 cm³/mol. The van der Waals surface area contributed by atoms with Gasteiger partial charge in [-0.2, -0.15) is 0 Å². The number of nitrogens with one attached hydrogen (secondary N) is 3. The van der Waals surface area contributed by atoms with E-state index < -0.39 is 0 Å². The van der Waals surface area contributed by atoms with Crippen molar-refractivity contribution in [2.24, 2.45) is 0 Å². The molecule has 0 unspecified atom stereocenters. The quantitative estimate of drug-likeness (QED) is 0.725. The van der Waals surface area contributed by atoms with Crippen LogP contribution in [0, 0.1) is 0 Å². The second-order valence-electron chi connectivity index (χ2n) is 4.80. The van der Waals surface area contributed by atoms with E-state index in [0.29, 0.717) is 6.42 Å². The third kappa shape index (κ3) is 2.47. The standard InChI is InChI=1S/C13H18N4O/c18-13-8-10-7-11(1-2-12(10)16-13)15-9-17-5-3-14-4-6-17/h1-2,7,14-15H,3-6,8-9H2,(H,16,18). The second kappa shape index (κ2) is 4.96. The molecule has 3 N–H and O–H groups in total. The first-order chi connectivity index (χ1) is 8.81. The van der Waals surface area contributed by atoms with Gasteiger partial charge in [-0.25, -0.2) is 0 Å². The molecule has 1 aromatic rings. The summed E-state index contributed by atoms with van der Waals surface area (Å²) >= 11 is 0. The Morgan fingerprint density at radius 1 is 1.28 bits per heavy atom. The number of fused-ring (bicyclic) bond motifs is 1. The predicted octanol–water partition coefficient (Wildman–Crippen LogP) is 0.456. The molecule has 0 radical (unpaired) electrons. The lowest BCUT2D eigenvalue weighted by Gasteiger charge is -2.27. The van der Waals surface area contributed by atoms with Crippen molar-refractivity contribution in [1.29, 1.82) is 0 Å². The number of anilines is 2. The van der Waals surface area contributed by atoms with Crippen molar-refractivity contribution in [2.45, 2.75) is 6.42 Å². The smallest absolute Gasteiger partial charge is 0.228 e. The Morgan fingerprint density at radius 3 is 2.94 bits per heavy atom. The summed E-state index contributed by atoms with van der Waals surface area (Å²) in [5.74, 6) is 0.0873. The van der Waals surface area contributed by atoms with Crippen LogP contribution in [0.25, 0.3) is 0 Å². The summed E-state index contributed by atoms with van der Waals surface area (Å²) in [5.41, 5.74) is 3.13. The lowest BCUT2D eigenvalue weighted by atomic mass is 10.1. The minimum absolute atomic E-state index is 0.0873. The Kier molecular flexibility index (Phi) is 3.17. The molecule has 1 fully saturated rings. The van der Waals surface area contributed by atoms with E-state index in [-0.39, 0.29) is 5.91 Å². The van der Waals surface area contributed by atoms with Crippen molar-refractivity contribution in [1.82, 2.24) is 10.2 Å². The third-order valence-electron chi connectivity index (χ3n) is 3.45. The number of hydrogen-bond donors (Lipinski definition) is 3. The van der Waals surface area contributed by atoms with Gasteiger partial charge in [-0.15, -0.1) is 0 Å². The maximum Gasteiger partial charge on any atom is 0.228 e. The lowest BCUT2D eigenvalue weighted by molar-refractivity contribution is -0.115. The van der Waals surface area contributed by atoms with Crippen molar-refractivity contribution in [3.8, 4) is 0 Å². The van der Waals surface area contributed by atoms with Crippen LogP contribution in [0.4, 0.5) is 11.4 Å². The lowest BCUT2D eigenvalue weighted by Crippen LogP contribution is -2.45. The van der Waals surface area contributed by atoms with E-state index in [1.807, 2.05) is 12.1 Å². The molecule has 2 aliphatic heterocycles. The molecule has 0 bridgehead atoms. The van der Waals surface area contributed by atoms with Crippen LogP contribution in [-0.2, 0) is 11.2 Å². The van der Waals surface area contributed by atoms with Crippen LogP contribution in [0.5, 0.6) is 0 Å². The number of nitrogens with zero attached hydrogens (tertiary/aromatic N) is 1.